The zero-order chi connectivity index (χ0) is 22.0. The fourth-order valence-corrected chi connectivity index (χ4v) is 4.65. The van der Waals surface area contributed by atoms with Crippen molar-refractivity contribution in [3.63, 3.8) is 0 Å². The highest BCUT2D eigenvalue weighted by Gasteiger charge is 2.32. The Bertz CT molecular complexity index is 852. The van der Waals surface area contributed by atoms with E-state index in [1.807, 2.05) is 34.6 Å². The summed E-state index contributed by atoms with van der Waals surface area (Å²) in [4.78, 5) is 24.6. The molecule has 0 unspecified atom stereocenters. The van der Waals surface area contributed by atoms with E-state index in [2.05, 4.69) is 5.32 Å². The molecule has 1 amide bonds. The quantitative estimate of drug-likeness (QED) is 0.722. The maximum atomic E-state index is 13.0. The van der Waals surface area contributed by atoms with Gasteiger partial charge in [0.05, 0.1) is 22.7 Å². The van der Waals surface area contributed by atoms with Crippen molar-refractivity contribution in [3.05, 3.63) is 29.8 Å². The van der Waals surface area contributed by atoms with E-state index in [1.165, 1.54) is 35.5 Å². The van der Waals surface area contributed by atoms with Gasteiger partial charge in [-0.2, -0.15) is 4.31 Å². The van der Waals surface area contributed by atoms with Crippen molar-refractivity contribution in [2.24, 2.45) is 0 Å². The number of sulfonamides is 1. The van der Waals surface area contributed by atoms with Gasteiger partial charge in [-0.1, -0.05) is 6.07 Å². The van der Waals surface area contributed by atoms with Crippen LogP contribution >= 0.6 is 0 Å². The van der Waals surface area contributed by atoms with Gasteiger partial charge in [-0.05, 0) is 59.7 Å². The van der Waals surface area contributed by atoms with E-state index in [9.17, 15) is 18.0 Å². The molecule has 1 aromatic rings. The topological polar surface area (TPSA) is 102 Å². The monoisotopic (exact) mass is 426 g/mol. The van der Waals surface area contributed by atoms with Gasteiger partial charge < -0.3 is 14.8 Å². The largest absolute Gasteiger partial charge is 0.449 e. The number of esters is 1. The molecule has 1 N–H and O–H groups in total. The lowest BCUT2D eigenvalue weighted by molar-refractivity contribution is -0.130. The van der Waals surface area contributed by atoms with Crippen LogP contribution in [0.25, 0.3) is 0 Å². The molecule has 162 valence electrons. The second-order valence-corrected chi connectivity index (χ2v) is 10.3. The van der Waals surface area contributed by atoms with E-state index >= 15 is 0 Å². The summed E-state index contributed by atoms with van der Waals surface area (Å²) in [5.74, 6) is -1.19. The minimum absolute atomic E-state index is 0.0000427. The summed E-state index contributed by atoms with van der Waals surface area (Å²) in [5.41, 5.74) is -0.395. The molecule has 2 rings (SSSR count). The van der Waals surface area contributed by atoms with Crippen LogP contribution in [0.5, 0.6) is 0 Å². The smallest absolute Gasteiger partial charge is 0.338 e. The van der Waals surface area contributed by atoms with Crippen LogP contribution in [0.15, 0.2) is 29.2 Å². The standard InChI is InChI=1S/C20H30N2O6S/c1-13-11-22(12-14(2)27-13)29(25,26)17-9-7-8-16(10-17)19(24)28-15(3)18(23)21-20(4,5)6/h7-10,13-15H,11-12H2,1-6H3,(H,21,23)/t13-,14-,15-/m0/s1. The van der Waals surface area contributed by atoms with Gasteiger partial charge in [-0.3, -0.25) is 4.79 Å². The Kier molecular flexibility index (Phi) is 7.08. The summed E-state index contributed by atoms with van der Waals surface area (Å²) in [6.45, 7) is 11.0. The molecule has 3 atom stereocenters. The van der Waals surface area contributed by atoms with Crippen LogP contribution in [0.1, 0.15) is 51.9 Å². The Morgan fingerprint density at radius 3 is 2.34 bits per heavy atom. The van der Waals surface area contributed by atoms with E-state index in [4.69, 9.17) is 9.47 Å². The third-order valence-corrected chi connectivity index (χ3v) is 6.07. The van der Waals surface area contributed by atoms with Crippen LogP contribution < -0.4 is 5.32 Å². The van der Waals surface area contributed by atoms with Crippen molar-refractivity contribution in [3.8, 4) is 0 Å². The highest BCUT2D eigenvalue weighted by atomic mass is 32.2. The molecule has 0 aromatic heterocycles. The normalized spacial score (nSPS) is 22.0. The van der Waals surface area contributed by atoms with Crippen LogP contribution in [-0.4, -0.2) is 61.5 Å². The third-order valence-electron chi connectivity index (χ3n) is 4.24. The maximum Gasteiger partial charge on any atom is 0.338 e. The molecule has 1 aromatic carbocycles. The molecule has 0 spiro atoms. The molecule has 1 fully saturated rings. The van der Waals surface area contributed by atoms with Crippen molar-refractivity contribution < 1.29 is 27.5 Å². The molecule has 0 saturated carbocycles. The number of rotatable bonds is 5. The number of morpholine rings is 1. The van der Waals surface area contributed by atoms with Crippen molar-refractivity contribution >= 4 is 21.9 Å². The second kappa shape index (κ2) is 8.81. The van der Waals surface area contributed by atoms with Crippen molar-refractivity contribution in [1.29, 1.82) is 0 Å². The molecule has 1 aliphatic heterocycles. The predicted molar refractivity (Wildman–Crippen MR) is 108 cm³/mol. The molecule has 8 nitrogen and oxygen atoms in total. The number of nitrogens with zero attached hydrogens (tertiary/aromatic N) is 1. The Morgan fingerprint density at radius 2 is 1.79 bits per heavy atom. The van der Waals surface area contributed by atoms with Gasteiger partial charge in [-0.15, -0.1) is 0 Å². The lowest BCUT2D eigenvalue weighted by Gasteiger charge is -2.34. The highest BCUT2D eigenvalue weighted by molar-refractivity contribution is 7.89. The fraction of sp³-hybridized carbons (Fsp3) is 0.600. The van der Waals surface area contributed by atoms with E-state index < -0.39 is 33.5 Å². The van der Waals surface area contributed by atoms with Gasteiger partial charge in [0.1, 0.15) is 0 Å². The number of hydrogen-bond acceptors (Lipinski definition) is 6. The van der Waals surface area contributed by atoms with Gasteiger partial charge in [0, 0.05) is 18.6 Å². The van der Waals surface area contributed by atoms with E-state index in [-0.39, 0.29) is 35.8 Å². The second-order valence-electron chi connectivity index (χ2n) is 8.39. The first-order chi connectivity index (χ1) is 13.3. The molecule has 0 aliphatic carbocycles. The summed E-state index contributed by atoms with van der Waals surface area (Å²) in [7, 11) is -3.79. The first kappa shape index (κ1) is 23.3. The molecule has 1 saturated heterocycles. The molecule has 29 heavy (non-hydrogen) atoms. The van der Waals surface area contributed by atoms with Crippen molar-refractivity contribution in [1.82, 2.24) is 9.62 Å². The summed E-state index contributed by atoms with van der Waals surface area (Å²) in [6, 6.07) is 5.65. The highest BCUT2D eigenvalue weighted by Crippen LogP contribution is 2.22. The van der Waals surface area contributed by atoms with Gasteiger partial charge >= 0.3 is 5.97 Å². The number of nitrogens with one attached hydrogen (secondary N) is 1. The zero-order valence-corrected chi connectivity index (χ0v) is 18.6. The van der Waals surface area contributed by atoms with E-state index in [1.54, 1.807) is 0 Å². The number of hydrogen-bond donors (Lipinski definition) is 1. The average Bonchev–Trinajstić information content (AvgIpc) is 2.59. The Labute approximate surface area is 172 Å². The fourth-order valence-electron chi connectivity index (χ4n) is 3.01. The van der Waals surface area contributed by atoms with Crippen LogP contribution in [-0.2, 0) is 24.3 Å². The summed E-state index contributed by atoms with van der Waals surface area (Å²) >= 11 is 0. The minimum atomic E-state index is -3.79. The van der Waals surface area contributed by atoms with Gasteiger partial charge in [0.2, 0.25) is 10.0 Å². The van der Waals surface area contributed by atoms with Crippen molar-refractivity contribution in [2.75, 3.05) is 13.1 Å². The molecular formula is C20H30N2O6S. The predicted octanol–water partition coefficient (Wildman–Crippen LogP) is 1.94. The van der Waals surface area contributed by atoms with Crippen LogP contribution in [0, 0.1) is 0 Å². The number of carbonyl (C=O) groups is 2. The van der Waals surface area contributed by atoms with Gasteiger partial charge in [0.25, 0.3) is 5.91 Å². The van der Waals surface area contributed by atoms with Crippen LogP contribution in [0.2, 0.25) is 0 Å². The SMILES string of the molecule is C[C@H](OC(=O)c1cccc(S(=O)(=O)N2C[C@H](C)O[C@@H](C)C2)c1)C(=O)NC(C)(C)C. The molecule has 9 heteroatoms. The van der Waals surface area contributed by atoms with E-state index in [0.717, 1.165) is 0 Å². The molecule has 1 aliphatic rings. The number of amides is 1. The number of benzene rings is 1. The summed E-state index contributed by atoms with van der Waals surface area (Å²) in [6.07, 6.45) is -1.45. The summed E-state index contributed by atoms with van der Waals surface area (Å²) in [5, 5.41) is 2.73. The number of carbonyl (C=O) groups excluding carboxylic acids is 2. The minimum Gasteiger partial charge on any atom is -0.449 e. The van der Waals surface area contributed by atoms with Gasteiger partial charge in [-0.25, -0.2) is 13.2 Å². The Hall–Kier alpha value is -1.97. The lowest BCUT2D eigenvalue weighted by Crippen LogP contribution is -2.48. The zero-order valence-electron chi connectivity index (χ0n) is 17.8. The maximum absolute atomic E-state index is 13.0. The molecule has 1 heterocycles. The van der Waals surface area contributed by atoms with Gasteiger partial charge in [0.15, 0.2) is 6.10 Å². The number of ether oxygens (including phenoxy) is 2. The molecule has 0 bridgehead atoms. The third kappa shape index (κ3) is 6.25. The van der Waals surface area contributed by atoms with Crippen molar-refractivity contribution in [2.45, 2.75) is 70.3 Å². The Balaban J connectivity index is 2.16. The van der Waals surface area contributed by atoms with E-state index in [0.29, 0.717) is 0 Å². The van der Waals surface area contributed by atoms with Crippen LogP contribution in [0.3, 0.4) is 0 Å². The molecule has 0 radical (unpaired) electrons. The lowest BCUT2D eigenvalue weighted by atomic mass is 10.1. The molecular weight excluding hydrogens is 396 g/mol. The first-order valence-electron chi connectivity index (χ1n) is 9.58. The average molecular weight is 427 g/mol. The van der Waals surface area contributed by atoms with Crippen LogP contribution in [0.4, 0.5) is 0 Å². The summed E-state index contributed by atoms with van der Waals surface area (Å²) < 4.78 is 38.1. The first-order valence-corrected chi connectivity index (χ1v) is 11.0. The Morgan fingerprint density at radius 1 is 1.21 bits per heavy atom.